The fraction of sp³-hybridized carbons (Fsp3) is 0.615. The molecular weight excluding hydrogens is 405 g/mol. The lowest BCUT2D eigenvalue weighted by Crippen LogP contribution is -2.31. The van der Waals surface area contributed by atoms with E-state index < -0.39 is 6.17 Å². The predicted molar refractivity (Wildman–Crippen MR) is 127 cm³/mol. The van der Waals surface area contributed by atoms with Crippen LogP contribution in [0.25, 0.3) is 0 Å². The van der Waals surface area contributed by atoms with Crippen LogP contribution in [0.3, 0.4) is 0 Å². The van der Waals surface area contributed by atoms with E-state index >= 15 is 0 Å². The summed E-state index contributed by atoms with van der Waals surface area (Å²) in [7, 11) is 0. The third-order valence-corrected chi connectivity index (χ3v) is 6.26. The van der Waals surface area contributed by atoms with Crippen molar-refractivity contribution in [3.63, 3.8) is 0 Å². The van der Waals surface area contributed by atoms with Crippen molar-refractivity contribution in [1.29, 1.82) is 5.41 Å². The summed E-state index contributed by atoms with van der Waals surface area (Å²) in [4.78, 5) is 13.2. The van der Waals surface area contributed by atoms with Crippen LogP contribution in [-0.4, -0.2) is 26.2 Å². The van der Waals surface area contributed by atoms with Gasteiger partial charge in [0.1, 0.15) is 11.9 Å². The Hall–Kier alpha value is -2.37. The lowest BCUT2D eigenvalue weighted by molar-refractivity contribution is 0.0969. The van der Waals surface area contributed by atoms with Crippen molar-refractivity contribution in [3.8, 4) is 5.75 Å². The molecule has 0 amide bonds. The molecule has 0 fully saturated rings. The van der Waals surface area contributed by atoms with Crippen LogP contribution in [0.1, 0.15) is 89.7 Å². The fourth-order valence-electron chi connectivity index (χ4n) is 4.06. The van der Waals surface area contributed by atoms with Crippen LogP contribution >= 0.6 is 0 Å². The first-order chi connectivity index (χ1) is 14.7. The number of rotatable bonds is 8. The molecule has 0 aliphatic carbocycles. The molecule has 1 heterocycles. The lowest BCUT2D eigenvalue weighted by atomic mass is 9.78. The van der Waals surface area contributed by atoms with E-state index in [9.17, 15) is 14.3 Å². The van der Waals surface area contributed by atoms with Gasteiger partial charge in [-0.2, -0.15) is 0 Å². The maximum absolute atomic E-state index is 14.6. The van der Waals surface area contributed by atoms with Gasteiger partial charge in [0.15, 0.2) is 5.78 Å². The number of Topliss-reactive ketones (excluding diaryl/α,β-unsaturated/α-hetero) is 1. The monoisotopic (exact) mass is 445 g/mol. The Morgan fingerprint density at radius 2 is 1.47 bits per heavy atom. The first kappa shape index (κ1) is 25.9. The smallest absolute Gasteiger partial charge is 0.202 e. The highest BCUT2D eigenvalue weighted by Gasteiger charge is 2.28. The number of hydrogen-bond donors (Lipinski definition) is 2. The molecule has 0 saturated carbocycles. The molecule has 1 aromatic heterocycles. The number of alkyl halides is 1. The lowest BCUT2D eigenvalue weighted by Gasteiger charge is -2.28. The summed E-state index contributed by atoms with van der Waals surface area (Å²) in [6.45, 7) is 16.1. The highest BCUT2D eigenvalue weighted by molar-refractivity contribution is 5.96. The Bertz CT molecular complexity index is 966. The third kappa shape index (κ3) is 5.70. The average molecular weight is 446 g/mol. The highest BCUT2D eigenvalue weighted by Crippen LogP contribution is 2.39. The van der Waals surface area contributed by atoms with Crippen LogP contribution in [0.2, 0.25) is 0 Å². The molecule has 5 nitrogen and oxygen atoms in total. The van der Waals surface area contributed by atoms with Crippen LogP contribution in [0.4, 0.5) is 4.39 Å². The highest BCUT2D eigenvalue weighted by atomic mass is 19.1. The molecule has 2 aromatic rings. The minimum Gasteiger partial charge on any atom is -0.507 e. The SMILES string of the molecule is CCC(CC)C(F)Cn1ccn(CC(=O)c2cc(C(C)(C)C)c(O)c(C(C)(C)C)c2)c1=N. The number of aromatic hydroxyl groups is 1. The Morgan fingerprint density at radius 3 is 1.91 bits per heavy atom. The maximum atomic E-state index is 14.6. The molecule has 2 rings (SSSR count). The van der Waals surface area contributed by atoms with Crippen molar-refractivity contribution in [1.82, 2.24) is 9.13 Å². The average Bonchev–Trinajstić information content (AvgIpc) is 3.00. The molecule has 1 atom stereocenters. The normalized spacial score (nSPS) is 13.6. The number of hydrogen-bond acceptors (Lipinski definition) is 3. The van der Waals surface area contributed by atoms with Crippen LogP contribution in [0.15, 0.2) is 24.5 Å². The molecule has 1 aromatic carbocycles. The molecule has 2 N–H and O–H groups in total. The van der Waals surface area contributed by atoms with E-state index in [2.05, 4.69) is 0 Å². The number of nitrogens with one attached hydrogen (secondary N) is 1. The van der Waals surface area contributed by atoms with Crippen molar-refractivity contribution >= 4 is 5.78 Å². The summed E-state index contributed by atoms with van der Waals surface area (Å²) in [6, 6.07) is 3.53. The second-order valence-corrected chi connectivity index (χ2v) is 10.8. The van der Waals surface area contributed by atoms with E-state index in [4.69, 9.17) is 5.41 Å². The van der Waals surface area contributed by atoms with E-state index in [1.165, 1.54) is 0 Å². The van der Waals surface area contributed by atoms with Gasteiger partial charge >= 0.3 is 0 Å². The Kier molecular flexibility index (Phi) is 7.79. The van der Waals surface area contributed by atoms with Gasteiger partial charge in [-0.25, -0.2) is 4.39 Å². The van der Waals surface area contributed by atoms with Gasteiger partial charge in [-0.1, -0.05) is 68.2 Å². The van der Waals surface area contributed by atoms with E-state index in [0.717, 1.165) is 24.0 Å². The molecule has 0 spiro atoms. The number of ketones is 1. The van der Waals surface area contributed by atoms with Crippen molar-refractivity contribution in [2.24, 2.45) is 5.92 Å². The van der Waals surface area contributed by atoms with Crippen LogP contribution < -0.4 is 5.62 Å². The quantitative estimate of drug-likeness (QED) is 0.510. The number of carbonyl (C=O) groups excluding carboxylic acids is 1. The molecule has 0 radical (unpaired) electrons. The molecule has 0 saturated heterocycles. The number of imidazole rings is 1. The summed E-state index contributed by atoms with van der Waals surface area (Å²) in [5, 5.41) is 19.3. The van der Waals surface area contributed by atoms with Crippen molar-refractivity contribution in [2.75, 3.05) is 0 Å². The molecule has 0 aliphatic heterocycles. The molecule has 178 valence electrons. The maximum Gasteiger partial charge on any atom is 0.202 e. The first-order valence-electron chi connectivity index (χ1n) is 11.6. The van der Waals surface area contributed by atoms with Crippen molar-refractivity contribution < 1.29 is 14.3 Å². The largest absolute Gasteiger partial charge is 0.507 e. The number of halogens is 1. The minimum atomic E-state index is -1.02. The van der Waals surface area contributed by atoms with Crippen LogP contribution in [0.5, 0.6) is 5.75 Å². The second-order valence-electron chi connectivity index (χ2n) is 10.8. The predicted octanol–water partition coefficient (Wildman–Crippen LogP) is 5.73. The molecule has 6 heteroatoms. The van der Waals surface area contributed by atoms with Crippen LogP contribution in [0, 0.1) is 11.3 Å². The second kappa shape index (κ2) is 9.63. The molecular formula is C26H40FN3O2. The van der Waals surface area contributed by atoms with Gasteiger partial charge in [0.2, 0.25) is 5.62 Å². The summed E-state index contributed by atoms with van der Waals surface area (Å²) < 4.78 is 17.7. The zero-order chi connectivity index (χ0) is 24.4. The van der Waals surface area contributed by atoms with Gasteiger partial charge in [-0.15, -0.1) is 0 Å². The van der Waals surface area contributed by atoms with E-state index in [1.54, 1.807) is 33.7 Å². The van der Waals surface area contributed by atoms with Crippen molar-refractivity contribution in [2.45, 2.75) is 98.3 Å². The summed E-state index contributed by atoms with van der Waals surface area (Å²) in [6.07, 6.45) is 3.83. The van der Waals surface area contributed by atoms with E-state index in [-0.39, 0.29) is 47.0 Å². The van der Waals surface area contributed by atoms with Gasteiger partial charge in [-0.05, 0) is 28.9 Å². The first-order valence-corrected chi connectivity index (χ1v) is 11.6. The Morgan fingerprint density at radius 1 is 1.00 bits per heavy atom. The molecule has 0 aliphatic rings. The molecule has 1 unspecified atom stereocenters. The van der Waals surface area contributed by atoms with E-state index in [0.29, 0.717) is 5.56 Å². The van der Waals surface area contributed by atoms with Gasteiger partial charge in [-0.3, -0.25) is 10.2 Å². The third-order valence-electron chi connectivity index (χ3n) is 6.26. The fourth-order valence-corrected chi connectivity index (χ4v) is 4.06. The van der Waals surface area contributed by atoms with Crippen molar-refractivity contribution in [3.05, 3.63) is 46.8 Å². The Labute approximate surface area is 191 Å². The van der Waals surface area contributed by atoms with Gasteiger partial charge < -0.3 is 14.2 Å². The van der Waals surface area contributed by atoms with Crippen LogP contribution in [-0.2, 0) is 23.9 Å². The zero-order valence-electron chi connectivity index (χ0n) is 20.9. The van der Waals surface area contributed by atoms with E-state index in [1.807, 2.05) is 55.4 Å². The topological polar surface area (TPSA) is 71.0 Å². The summed E-state index contributed by atoms with van der Waals surface area (Å²) in [5.41, 5.74) is 1.42. The van der Waals surface area contributed by atoms with Gasteiger partial charge in [0.05, 0.1) is 13.1 Å². The number of phenolic OH excluding ortho intramolecular Hbond substituents is 1. The number of carbonyl (C=O) groups is 1. The number of nitrogens with zero attached hydrogens (tertiary/aromatic N) is 2. The number of phenols is 1. The number of aromatic nitrogens is 2. The molecule has 0 bridgehead atoms. The summed E-state index contributed by atoms with van der Waals surface area (Å²) >= 11 is 0. The van der Waals surface area contributed by atoms with Gasteiger partial charge in [0, 0.05) is 29.1 Å². The number of benzene rings is 1. The Balaban J connectivity index is 2.36. The summed E-state index contributed by atoms with van der Waals surface area (Å²) in [5.74, 6) is 0.0569. The molecule has 32 heavy (non-hydrogen) atoms. The van der Waals surface area contributed by atoms with Gasteiger partial charge in [0.25, 0.3) is 0 Å². The minimum absolute atomic E-state index is 0.00822. The zero-order valence-corrected chi connectivity index (χ0v) is 20.9. The standard InChI is InChI=1S/C26H40FN3O2/c1-9-17(10-2)21(27)15-29-11-12-30(24(29)28)16-22(31)18-13-19(25(3,4)5)23(32)20(14-18)26(6,7)8/h11-14,17,21,28,32H,9-10,15-16H2,1-8H3.